The van der Waals surface area contributed by atoms with E-state index in [1.54, 1.807) is 0 Å². The summed E-state index contributed by atoms with van der Waals surface area (Å²) in [5.41, 5.74) is -0.695. The number of hydrogen-bond acceptors (Lipinski definition) is 3. The average molecular weight is 438 g/mol. The molecule has 2 N–H and O–H groups in total. The topological polar surface area (TPSA) is 58.6 Å². The lowest BCUT2D eigenvalue weighted by Crippen LogP contribution is -2.30. The van der Waals surface area contributed by atoms with Gasteiger partial charge in [-0.05, 0) is 54.0 Å². The van der Waals surface area contributed by atoms with Gasteiger partial charge in [0.05, 0.1) is 10.0 Å². The van der Waals surface area contributed by atoms with Crippen molar-refractivity contribution in [3.63, 3.8) is 0 Å². The second-order valence-corrected chi connectivity index (χ2v) is 5.99. The number of carbonyl (C=O) groups is 1. The molecule has 11 heteroatoms. The first-order valence-corrected chi connectivity index (χ1v) is 7.68. The Kier molecular flexibility index (Phi) is 7.12. The molecule has 4 nitrogen and oxygen atoms in total. The zero-order valence-corrected chi connectivity index (χ0v) is 14.3. The van der Waals surface area contributed by atoms with E-state index in [0.29, 0.717) is 4.47 Å². The summed E-state index contributed by atoms with van der Waals surface area (Å²) in [6, 6.07) is 3.58. The summed E-state index contributed by atoms with van der Waals surface area (Å²) >= 11 is 3.21. The van der Waals surface area contributed by atoms with Crippen LogP contribution in [0, 0.1) is 0 Å². The number of carboxylic acids is 1. The van der Waals surface area contributed by atoms with Gasteiger partial charge < -0.3 is 15.2 Å². The number of hydrogen-bond donors (Lipinski definition) is 2. The van der Waals surface area contributed by atoms with Crippen molar-refractivity contribution in [3.05, 3.63) is 28.2 Å². The monoisotopic (exact) mass is 437 g/mol. The fourth-order valence-electron chi connectivity index (χ4n) is 1.93. The van der Waals surface area contributed by atoms with Gasteiger partial charge in [0.2, 0.25) is 0 Å². The summed E-state index contributed by atoms with van der Waals surface area (Å²) in [6.07, 6.45) is -8.73. The number of ether oxygens (including phenoxy) is 1. The number of benzene rings is 1. The van der Waals surface area contributed by atoms with Crippen molar-refractivity contribution in [2.75, 3.05) is 6.54 Å². The molecule has 1 fully saturated rings. The second-order valence-electron chi connectivity index (χ2n) is 5.13. The molecule has 0 radical (unpaired) electrons. The van der Waals surface area contributed by atoms with Crippen LogP contribution < -0.4 is 10.1 Å². The summed E-state index contributed by atoms with van der Waals surface area (Å²) in [5.74, 6) is -2.52. The zero-order chi connectivity index (χ0) is 19.4. The van der Waals surface area contributed by atoms with Crippen LogP contribution in [-0.2, 0) is 11.0 Å². The largest absolute Gasteiger partial charge is 0.490 e. The van der Waals surface area contributed by atoms with Crippen LogP contribution in [0.5, 0.6) is 5.75 Å². The molecule has 2 atom stereocenters. The Labute approximate surface area is 147 Å². The molecule has 1 aromatic carbocycles. The molecule has 0 bridgehead atoms. The minimum absolute atomic E-state index is 0.0928. The van der Waals surface area contributed by atoms with Gasteiger partial charge in [-0.15, -0.1) is 0 Å². The van der Waals surface area contributed by atoms with Crippen LogP contribution in [0.15, 0.2) is 22.7 Å². The maximum atomic E-state index is 12.6. The third-order valence-electron chi connectivity index (χ3n) is 3.23. The second kappa shape index (κ2) is 8.26. The average Bonchev–Trinajstić information content (AvgIpc) is 2.85. The van der Waals surface area contributed by atoms with Gasteiger partial charge in [0.1, 0.15) is 11.9 Å². The third kappa shape index (κ3) is 6.73. The lowest BCUT2D eigenvalue weighted by atomic mass is 10.2. The molecule has 1 aliphatic rings. The summed E-state index contributed by atoms with van der Waals surface area (Å²) < 4.78 is 75.7. The Bertz CT molecular complexity index is 605. The number of rotatable bonds is 2. The van der Waals surface area contributed by atoms with E-state index in [1.165, 1.54) is 6.07 Å². The quantitative estimate of drug-likeness (QED) is 0.679. The van der Waals surface area contributed by atoms with Crippen molar-refractivity contribution < 1.29 is 41.0 Å². The number of aliphatic carboxylic acids is 1. The number of nitrogens with one attached hydrogen (secondary N) is 1. The molecule has 1 aromatic rings. The SMILES string of the molecule is C[C@H]1NCC[C@@H]1Oc1cc(C(F)(F)F)ccc1Br.O=C(O)C(F)(F)F. The molecule has 0 unspecified atom stereocenters. The van der Waals surface area contributed by atoms with Gasteiger partial charge in [-0.25, -0.2) is 4.79 Å². The predicted molar refractivity (Wildman–Crippen MR) is 79.3 cm³/mol. The zero-order valence-electron chi connectivity index (χ0n) is 12.7. The van der Waals surface area contributed by atoms with Crippen LogP contribution in [0.3, 0.4) is 0 Å². The van der Waals surface area contributed by atoms with Crippen LogP contribution in [0.4, 0.5) is 26.3 Å². The first-order chi connectivity index (χ1) is 11.3. The molecule has 2 rings (SSSR count). The first-order valence-electron chi connectivity index (χ1n) is 6.89. The smallest absolute Gasteiger partial charge is 0.488 e. The van der Waals surface area contributed by atoms with Gasteiger partial charge in [0.15, 0.2) is 0 Å². The molecule has 1 heterocycles. The van der Waals surface area contributed by atoms with Gasteiger partial charge in [0.25, 0.3) is 0 Å². The minimum Gasteiger partial charge on any atom is -0.488 e. The van der Waals surface area contributed by atoms with Gasteiger partial charge in [-0.3, -0.25) is 0 Å². The van der Waals surface area contributed by atoms with Gasteiger partial charge in [-0.2, -0.15) is 26.3 Å². The molecule has 1 saturated heterocycles. The Morgan fingerprint density at radius 3 is 2.24 bits per heavy atom. The van der Waals surface area contributed by atoms with E-state index in [-0.39, 0.29) is 17.9 Å². The Balaban J connectivity index is 0.000000381. The molecular formula is C14H14BrF6NO3. The van der Waals surface area contributed by atoms with E-state index in [9.17, 15) is 26.3 Å². The van der Waals surface area contributed by atoms with E-state index in [4.69, 9.17) is 14.6 Å². The summed E-state index contributed by atoms with van der Waals surface area (Å²) in [6.45, 7) is 2.78. The maximum Gasteiger partial charge on any atom is 0.490 e. The van der Waals surface area contributed by atoms with E-state index in [2.05, 4.69) is 21.2 Å². The van der Waals surface area contributed by atoms with Gasteiger partial charge in [0, 0.05) is 6.04 Å². The fourth-order valence-corrected chi connectivity index (χ4v) is 2.27. The van der Waals surface area contributed by atoms with Crippen LogP contribution in [0.25, 0.3) is 0 Å². The molecule has 25 heavy (non-hydrogen) atoms. The maximum absolute atomic E-state index is 12.6. The van der Waals surface area contributed by atoms with Crippen molar-refractivity contribution >= 4 is 21.9 Å². The van der Waals surface area contributed by atoms with Crippen LogP contribution in [0.2, 0.25) is 0 Å². The van der Waals surface area contributed by atoms with E-state index < -0.39 is 23.9 Å². The van der Waals surface area contributed by atoms with Crippen molar-refractivity contribution in [3.8, 4) is 5.75 Å². The molecule has 1 aliphatic heterocycles. The summed E-state index contributed by atoms with van der Waals surface area (Å²) in [7, 11) is 0. The van der Waals surface area contributed by atoms with Crippen molar-refractivity contribution in [1.82, 2.24) is 5.32 Å². The highest BCUT2D eigenvalue weighted by atomic mass is 79.9. The predicted octanol–water partition coefficient (Wildman–Crippen LogP) is 4.23. The van der Waals surface area contributed by atoms with E-state index in [1.807, 2.05) is 6.92 Å². The minimum atomic E-state index is -5.08. The Morgan fingerprint density at radius 1 is 1.28 bits per heavy atom. The van der Waals surface area contributed by atoms with Crippen LogP contribution in [-0.4, -0.2) is 35.9 Å². The molecular weight excluding hydrogens is 424 g/mol. The van der Waals surface area contributed by atoms with E-state index >= 15 is 0 Å². The lowest BCUT2D eigenvalue weighted by molar-refractivity contribution is -0.192. The lowest BCUT2D eigenvalue weighted by Gasteiger charge is -2.19. The van der Waals surface area contributed by atoms with Crippen molar-refractivity contribution in [2.45, 2.75) is 37.8 Å². The third-order valence-corrected chi connectivity index (χ3v) is 3.89. The van der Waals surface area contributed by atoms with Crippen molar-refractivity contribution in [2.24, 2.45) is 0 Å². The fraction of sp³-hybridized carbons (Fsp3) is 0.500. The Morgan fingerprint density at radius 2 is 1.84 bits per heavy atom. The Hall–Kier alpha value is -1.49. The highest BCUT2D eigenvalue weighted by Gasteiger charge is 2.38. The molecule has 142 valence electrons. The van der Waals surface area contributed by atoms with Gasteiger partial charge in [-0.1, -0.05) is 0 Å². The van der Waals surface area contributed by atoms with Crippen LogP contribution in [0.1, 0.15) is 18.9 Å². The molecule has 0 aromatic heterocycles. The normalized spacial score (nSPS) is 20.6. The highest BCUT2D eigenvalue weighted by molar-refractivity contribution is 9.10. The summed E-state index contributed by atoms with van der Waals surface area (Å²) in [5, 5.41) is 10.3. The summed E-state index contributed by atoms with van der Waals surface area (Å²) in [4.78, 5) is 8.90. The molecule has 0 saturated carbocycles. The number of alkyl halides is 6. The molecule has 0 amide bonds. The van der Waals surface area contributed by atoms with Crippen molar-refractivity contribution in [1.29, 1.82) is 0 Å². The molecule has 0 aliphatic carbocycles. The number of halogens is 7. The number of carboxylic acid groups (broad SMARTS) is 1. The van der Waals surface area contributed by atoms with Crippen LogP contribution >= 0.6 is 15.9 Å². The highest BCUT2D eigenvalue weighted by Crippen LogP contribution is 2.36. The van der Waals surface area contributed by atoms with E-state index in [0.717, 1.165) is 25.1 Å². The van der Waals surface area contributed by atoms with Gasteiger partial charge >= 0.3 is 18.3 Å². The standard InChI is InChI=1S/C12H13BrF3NO.C2HF3O2/c1-7-10(4-5-17-7)18-11-6-8(12(14,15)16)2-3-9(11)13;3-2(4,5)1(6)7/h2-3,6-7,10,17H,4-5H2,1H3;(H,6,7)/t7-,10+;/m1./s1. The first kappa shape index (κ1) is 21.6. The molecule has 0 spiro atoms.